The summed E-state index contributed by atoms with van der Waals surface area (Å²) in [5.74, 6) is 0.958. The molecule has 0 amide bonds. The van der Waals surface area contributed by atoms with Crippen molar-refractivity contribution >= 4 is 0 Å². The molecule has 0 bridgehead atoms. The number of rotatable bonds is 2. The average Bonchev–Trinajstić information content (AvgIpc) is 2.31. The number of aromatic nitrogens is 1. The highest BCUT2D eigenvalue weighted by molar-refractivity contribution is 5.29. The van der Waals surface area contributed by atoms with Crippen LogP contribution in [0.1, 0.15) is 44.2 Å². The van der Waals surface area contributed by atoms with Crippen molar-refractivity contribution in [3.05, 3.63) is 17.0 Å². The first-order valence-electron chi connectivity index (χ1n) is 4.42. The molecule has 1 rings (SSSR count). The molecule has 0 spiro atoms. The van der Waals surface area contributed by atoms with Crippen LogP contribution in [0.5, 0.6) is 0 Å². The van der Waals surface area contributed by atoms with E-state index < -0.39 is 0 Å². The standard InChI is InChI=1S/C10H17NO/c1-6-10(4,5)9-7(2)11-12-8(9)3/h6H2,1-5H3. The quantitative estimate of drug-likeness (QED) is 0.676. The molecule has 0 aliphatic carbocycles. The monoisotopic (exact) mass is 167 g/mol. The van der Waals surface area contributed by atoms with Gasteiger partial charge in [0.2, 0.25) is 0 Å². The van der Waals surface area contributed by atoms with Crippen molar-refractivity contribution in [3.8, 4) is 0 Å². The van der Waals surface area contributed by atoms with Gasteiger partial charge in [0.05, 0.1) is 5.69 Å². The summed E-state index contributed by atoms with van der Waals surface area (Å²) < 4.78 is 5.13. The number of nitrogens with zero attached hydrogens (tertiary/aromatic N) is 1. The zero-order valence-electron chi connectivity index (χ0n) is 8.56. The third kappa shape index (κ3) is 1.38. The Balaban J connectivity index is 3.17. The molecule has 0 fully saturated rings. The van der Waals surface area contributed by atoms with E-state index >= 15 is 0 Å². The second kappa shape index (κ2) is 2.92. The van der Waals surface area contributed by atoms with Gasteiger partial charge < -0.3 is 4.52 Å². The minimum atomic E-state index is 0.189. The zero-order chi connectivity index (χ0) is 9.35. The molecule has 0 atom stereocenters. The van der Waals surface area contributed by atoms with E-state index in [1.54, 1.807) is 0 Å². The van der Waals surface area contributed by atoms with Gasteiger partial charge in [0, 0.05) is 5.56 Å². The molecule has 12 heavy (non-hydrogen) atoms. The molecule has 68 valence electrons. The maximum Gasteiger partial charge on any atom is 0.137 e. The van der Waals surface area contributed by atoms with Crippen molar-refractivity contribution in [1.82, 2.24) is 5.16 Å². The predicted octanol–water partition coefficient (Wildman–Crippen LogP) is 2.98. The van der Waals surface area contributed by atoms with Crippen molar-refractivity contribution in [2.45, 2.75) is 46.5 Å². The van der Waals surface area contributed by atoms with Gasteiger partial charge >= 0.3 is 0 Å². The van der Waals surface area contributed by atoms with Gasteiger partial charge in [-0.05, 0) is 25.7 Å². The third-order valence-electron chi connectivity index (χ3n) is 2.59. The van der Waals surface area contributed by atoms with Crippen LogP contribution in [0.25, 0.3) is 0 Å². The molecule has 0 aliphatic rings. The summed E-state index contributed by atoms with van der Waals surface area (Å²) in [4.78, 5) is 0. The summed E-state index contributed by atoms with van der Waals surface area (Å²) in [6, 6.07) is 0. The number of aryl methyl sites for hydroxylation is 2. The first-order valence-corrected chi connectivity index (χ1v) is 4.42. The molecule has 0 unspecified atom stereocenters. The second-order valence-corrected chi connectivity index (χ2v) is 3.94. The summed E-state index contributed by atoms with van der Waals surface area (Å²) in [6.07, 6.45) is 1.11. The van der Waals surface area contributed by atoms with E-state index in [1.165, 1.54) is 5.56 Å². The fourth-order valence-electron chi connectivity index (χ4n) is 1.63. The highest BCUT2D eigenvalue weighted by Crippen LogP contribution is 2.31. The van der Waals surface area contributed by atoms with E-state index in [0.29, 0.717) is 0 Å². The minimum absolute atomic E-state index is 0.189. The lowest BCUT2D eigenvalue weighted by Crippen LogP contribution is -2.17. The number of hydrogen-bond acceptors (Lipinski definition) is 2. The van der Waals surface area contributed by atoms with Crippen LogP contribution in [0.4, 0.5) is 0 Å². The highest BCUT2D eigenvalue weighted by Gasteiger charge is 2.25. The van der Waals surface area contributed by atoms with Crippen molar-refractivity contribution < 1.29 is 4.52 Å². The topological polar surface area (TPSA) is 26.0 Å². The molecular weight excluding hydrogens is 150 g/mol. The van der Waals surface area contributed by atoms with Gasteiger partial charge in [-0.1, -0.05) is 25.9 Å². The van der Waals surface area contributed by atoms with Crippen molar-refractivity contribution in [2.75, 3.05) is 0 Å². The van der Waals surface area contributed by atoms with Crippen molar-refractivity contribution in [1.29, 1.82) is 0 Å². The smallest absolute Gasteiger partial charge is 0.137 e. The summed E-state index contributed by atoms with van der Waals surface area (Å²) in [7, 11) is 0. The lowest BCUT2D eigenvalue weighted by molar-refractivity contribution is 0.387. The van der Waals surface area contributed by atoms with Gasteiger partial charge in [-0.2, -0.15) is 0 Å². The number of hydrogen-bond donors (Lipinski definition) is 0. The molecule has 1 aromatic rings. The van der Waals surface area contributed by atoms with Gasteiger partial charge in [0.1, 0.15) is 5.76 Å². The molecule has 0 saturated carbocycles. The summed E-state index contributed by atoms with van der Waals surface area (Å²) in [5, 5.41) is 3.96. The molecule has 0 aromatic carbocycles. The van der Waals surface area contributed by atoms with Crippen molar-refractivity contribution in [3.63, 3.8) is 0 Å². The Morgan fingerprint density at radius 1 is 1.33 bits per heavy atom. The van der Waals surface area contributed by atoms with E-state index in [-0.39, 0.29) is 5.41 Å². The zero-order valence-corrected chi connectivity index (χ0v) is 8.56. The minimum Gasteiger partial charge on any atom is -0.361 e. The van der Waals surface area contributed by atoms with Crippen molar-refractivity contribution in [2.24, 2.45) is 0 Å². The molecule has 0 radical (unpaired) electrons. The second-order valence-electron chi connectivity index (χ2n) is 3.94. The molecule has 1 heterocycles. The normalized spacial score (nSPS) is 12.1. The van der Waals surface area contributed by atoms with E-state index in [1.807, 2.05) is 13.8 Å². The average molecular weight is 167 g/mol. The molecule has 2 heteroatoms. The van der Waals surface area contributed by atoms with Gasteiger partial charge in [0.25, 0.3) is 0 Å². The Morgan fingerprint density at radius 3 is 2.25 bits per heavy atom. The Labute approximate surface area is 74.0 Å². The fourth-order valence-corrected chi connectivity index (χ4v) is 1.63. The van der Waals surface area contributed by atoms with Gasteiger partial charge in [-0.15, -0.1) is 0 Å². The molecule has 2 nitrogen and oxygen atoms in total. The Morgan fingerprint density at radius 2 is 1.92 bits per heavy atom. The first kappa shape index (κ1) is 9.30. The lowest BCUT2D eigenvalue weighted by Gasteiger charge is -2.22. The predicted molar refractivity (Wildman–Crippen MR) is 49.3 cm³/mol. The summed E-state index contributed by atoms with van der Waals surface area (Å²) in [5.41, 5.74) is 2.48. The largest absolute Gasteiger partial charge is 0.361 e. The molecular formula is C10H17NO. The summed E-state index contributed by atoms with van der Waals surface area (Å²) >= 11 is 0. The highest BCUT2D eigenvalue weighted by atomic mass is 16.5. The maximum atomic E-state index is 5.13. The van der Waals surface area contributed by atoms with Crippen LogP contribution in [-0.2, 0) is 5.41 Å². The molecule has 0 aliphatic heterocycles. The van der Waals surface area contributed by atoms with Gasteiger partial charge in [-0.3, -0.25) is 0 Å². The van der Waals surface area contributed by atoms with Crippen LogP contribution in [0, 0.1) is 13.8 Å². The van der Waals surface area contributed by atoms with Crippen LogP contribution in [0.15, 0.2) is 4.52 Å². The van der Waals surface area contributed by atoms with E-state index in [2.05, 4.69) is 25.9 Å². The van der Waals surface area contributed by atoms with Crippen LogP contribution >= 0.6 is 0 Å². The molecule has 0 saturated heterocycles. The fraction of sp³-hybridized carbons (Fsp3) is 0.700. The molecule has 1 aromatic heterocycles. The van der Waals surface area contributed by atoms with Gasteiger partial charge in [0.15, 0.2) is 0 Å². The Hall–Kier alpha value is -0.790. The van der Waals surface area contributed by atoms with Gasteiger partial charge in [-0.25, -0.2) is 0 Å². The molecule has 0 N–H and O–H groups in total. The first-order chi connectivity index (χ1) is 5.49. The van der Waals surface area contributed by atoms with Crippen LogP contribution in [-0.4, -0.2) is 5.16 Å². The van der Waals surface area contributed by atoms with Crippen LogP contribution in [0.3, 0.4) is 0 Å². The van der Waals surface area contributed by atoms with E-state index in [9.17, 15) is 0 Å². The Bertz CT molecular complexity index is 254. The maximum absolute atomic E-state index is 5.13. The third-order valence-corrected chi connectivity index (χ3v) is 2.59. The van der Waals surface area contributed by atoms with Crippen LogP contribution < -0.4 is 0 Å². The lowest BCUT2D eigenvalue weighted by atomic mass is 9.81. The van der Waals surface area contributed by atoms with E-state index in [4.69, 9.17) is 4.52 Å². The SMILES string of the molecule is CCC(C)(C)c1c(C)noc1C. The van der Waals surface area contributed by atoms with E-state index in [0.717, 1.165) is 17.9 Å². The summed E-state index contributed by atoms with van der Waals surface area (Å²) in [6.45, 7) is 10.6. The van der Waals surface area contributed by atoms with Crippen LogP contribution in [0.2, 0.25) is 0 Å². The Kier molecular flexibility index (Phi) is 2.27.